The van der Waals surface area contributed by atoms with Gasteiger partial charge >= 0.3 is 0 Å². The Hall–Kier alpha value is -1.35. The van der Waals surface area contributed by atoms with Crippen LogP contribution in [0.5, 0.6) is 0 Å². The van der Waals surface area contributed by atoms with Crippen LogP contribution < -0.4 is 5.11 Å². The Morgan fingerprint density at radius 2 is 1.92 bits per heavy atom. The van der Waals surface area contributed by atoms with E-state index in [1.807, 2.05) is 0 Å². The first-order valence-corrected chi connectivity index (χ1v) is 3.54. The van der Waals surface area contributed by atoms with Gasteiger partial charge in [-0.3, -0.25) is 0 Å². The first-order valence-electron chi connectivity index (χ1n) is 3.54. The third kappa shape index (κ3) is 1.46. The quantitative estimate of drug-likeness (QED) is 0.651. The van der Waals surface area contributed by atoms with E-state index in [1.165, 1.54) is 19.1 Å². The average molecular weight is 165 g/mol. The van der Waals surface area contributed by atoms with Gasteiger partial charge in [-0.15, -0.1) is 0 Å². The second-order valence-electron chi connectivity index (χ2n) is 2.73. The lowest BCUT2D eigenvalue weighted by atomic mass is 9.97. The summed E-state index contributed by atoms with van der Waals surface area (Å²) < 4.78 is 0. The monoisotopic (exact) mass is 165 g/mol. The number of carboxylic acids is 1. The van der Waals surface area contributed by atoms with Crippen molar-refractivity contribution in [1.29, 1.82) is 0 Å². The Kier molecular flexibility index (Phi) is 2.15. The summed E-state index contributed by atoms with van der Waals surface area (Å²) in [5.41, 5.74) is -1.58. The molecule has 0 saturated heterocycles. The van der Waals surface area contributed by atoms with E-state index >= 15 is 0 Å². The molecule has 12 heavy (non-hydrogen) atoms. The molecule has 0 aliphatic rings. The van der Waals surface area contributed by atoms with Gasteiger partial charge < -0.3 is 15.0 Å². The van der Waals surface area contributed by atoms with E-state index < -0.39 is 11.6 Å². The summed E-state index contributed by atoms with van der Waals surface area (Å²) in [5.74, 6) is -1.49. The van der Waals surface area contributed by atoms with Crippen LogP contribution in [-0.4, -0.2) is 11.1 Å². The SMILES string of the molecule is CC(O)(C(=O)[O-])c1ccccc1. The minimum Gasteiger partial charge on any atom is -0.547 e. The Morgan fingerprint density at radius 1 is 1.42 bits per heavy atom. The summed E-state index contributed by atoms with van der Waals surface area (Å²) in [6.07, 6.45) is 0. The summed E-state index contributed by atoms with van der Waals surface area (Å²) in [7, 11) is 0. The molecule has 0 aliphatic carbocycles. The largest absolute Gasteiger partial charge is 0.547 e. The molecule has 1 aromatic carbocycles. The number of hydrogen-bond donors (Lipinski definition) is 1. The van der Waals surface area contributed by atoms with E-state index in [0.717, 1.165) is 0 Å². The maximum absolute atomic E-state index is 10.5. The molecule has 64 valence electrons. The van der Waals surface area contributed by atoms with Gasteiger partial charge in [-0.1, -0.05) is 30.3 Å². The van der Waals surface area contributed by atoms with Crippen molar-refractivity contribution in [2.24, 2.45) is 0 Å². The second kappa shape index (κ2) is 2.95. The molecule has 1 N–H and O–H groups in total. The van der Waals surface area contributed by atoms with Gasteiger partial charge in [0, 0.05) is 0 Å². The highest BCUT2D eigenvalue weighted by atomic mass is 16.4. The van der Waals surface area contributed by atoms with Crippen LogP contribution in [0.15, 0.2) is 30.3 Å². The molecule has 3 nitrogen and oxygen atoms in total. The van der Waals surface area contributed by atoms with Crippen molar-refractivity contribution in [2.75, 3.05) is 0 Å². The Bertz CT molecular complexity index is 277. The number of carboxylic acid groups (broad SMARTS) is 1. The number of rotatable bonds is 2. The molecule has 1 aromatic rings. The molecule has 0 amide bonds. The van der Waals surface area contributed by atoms with Crippen molar-refractivity contribution in [3.8, 4) is 0 Å². The number of benzene rings is 1. The zero-order valence-corrected chi connectivity index (χ0v) is 6.65. The fourth-order valence-corrected chi connectivity index (χ4v) is 0.881. The summed E-state index contributed by atoms with van der Waals surface area (Å²) in [5, 5.41) is 19.9. The second-order valence-corrected chi connectivity index (χ2v) is 2.73. The zero-order valence-electron chi connectivity index (χ0n) is 6.65. The highest BCUT2D eigenvalue weighted by Crippen LogP contribution is 2.18. The first kappa shape index (κ1) is 8.74. The minimum absolute atomic E-state index is 0.324. The van der Waals surface area contributed by atoms with Crippen molar-refractivity contribution >= 4 is 5.97 Å². The van der Waals surface area contributed by atoms with Gasteiger partial charge in [0.15, 0.2) is 0 Å². The summed E-state index contributed by atoms with van der Waals surface area (Å²) in [6, 6.07) is 8.14. The molecule has 0 aromatic heterocycles. The lowest BCUT2D eigenvalue weighted by molar-refractivity contribution is -0.324. The molecular weight excluding hydrogens is 156 g/mol. The van der Waals surface area contributed by atoms with E-state index in [2.05, 4.69) is 0 Å². The summed E-state index contributed by atoms with van der Waals surface area (Å²) >= 11 is 0. The van der Waals surface area contributed by atoms with Gasteiger partial charge in [0.2, 0.25) is 0 Å². The highest BCUT2D eigenvalue weighted by molar-refractivity contribution is 5.76. The van der Waals surface area contributed by atoms with Crippen molar-refractivity contribution in [3.05, 3.63) is 35.9 Å². The minimum atomic E-state index is -1.90. The molecule has 3 heteroatoms. The number of carbonyl (C=O) groups is 1. The Morgan fingerprint density at radius 3 is 2.33 bits per heavy atom. The Balaban J connectivity index is 3.06. The third-order valence-electron chi connectivity index (χ3n) is 1.73. The highest BCUT2D eigenvalue weighted by Gasteiger charge is 2.23. The maximum Gasteiger partial charge on any atom is 0.126 e. The van der Waals surface area contributed by atoms with Gasteiger partial charge in [-0.25, -0.2) is 0 Å². The number of aliphatic hydroxyl groups is 1. The van der Waals surface area contributed by atoms with E-state index in [4.69, 9.17) is 0 Å². The first-order chi connectivity index (χ1) is 5.55. The number of carbonyl (C=O) groups excluding carboxylic acids is 1. The lowest BCUT2D eigenvalue weighted by Gasteiger charge is -2.24. The zero-order chi connectivity index (χ0) is 9.19. The van der Waals surface area contributed by atoms with Crippen molar-refractivity contribution in [2.45, 2.75) is 12.5 Å². The van der Waals surface area contributed by atoms with E-state index in [-0.39, 0.29) is 0 Å². The van der Waals surface area contributed by atoms with Crippen molar-refractivity contribution < 1.29 is 15.0 Å². The topological polar surface area (TPSA) is 60.4 Å². The summed E-state index contributed by atoms with van der Waals surface area (Å²) in [4.78, 5) is 10.5. The average Bonchev–Trinajstić information content (AvgIpc) is 2.06. The fourth-order valence-electron chi connectivity index (χ4n) is 0.881. The normalized spacial score (nSPS) is 15.2. The smallest absolute Gasteiger partial charge is 0.126 e. The van der Waals surface area contributed by atoms with Crippen LogP contribution in [0, 0.1) is 0 Å². The molecule has 0 heterocycles. The molecule has 0 spiro atoms. The summed E-state index contributed by atoms with van der Waals surface area (Å²) in [6.45, 7) is 1.19. The molecule has 1 unspecified atom stereocenters. The molecule has 0 bridgehead atoms. The van der Waals surface area contributed by atoms with Crippen molar-refractivity contribution in [3.63, 3.8) is 0 Å². The van der Waals surface area contributed by atoms with E-state index in [9.17, 15) is 15.0 Å². The van der Waals surface area contributed by atoms with Crippen molar-refractivity contribution in [1.82, 2.24) is 0 Å². The molecule has 0 aliphatic heterocycles. The van der Waals surface area contributed by atoms with Crippen LogP contribution in [0.2, 0.25) is 0 Å². The number of aliphatic carboxylic acids is 1. The van der Waals surface area contributed by atoms with Gasteiger partial charge in [0.25, 0.3) is 0 Å². The predicted molar refractivity (Wildman–Crippen MR) is 41.0 cm³/mol. The Labute approximate surface area is 70.3 Å². The fraction of sp³-hybridized carbons (Fsp3) is 0.222. The van der Waals surface area contributed by atoms with Crippen LogP contribution in [0.3, 0.4) is 0 Å². The third-order valence-corrected chi connectivity index (χ3v) is 1.73. The maximum atomic E-state index is 10.5. The molecule has 0 saturated carbocycles. The van der Waals surface area contributed by atoms with Gasteiger partial charge in [-0.2, -0.15) is 0 Å². The molecule has 1 rings (SSSR count). The molecule has 1 atom stereocenters. The van der Waals surface area contributed by atoms with Gasteiger partial charge in [0.05, 0.1) is 5.97 Å². The molecule has 0 fully saturated rings. The standard InChI is InChI=1S/C9H10O3/c1-9(12,8(10)11)7-5-3-2-4-6-7/h2-6,12H,1H3,(H,10,11)/p-1. The molecular formula is C9H9O3-. The number of hydrogen-bond acceptors (Lipinski definition) is 3. The van der Waals surface area contributed by atoms with Crippen LogP contribution in [0.25, 0.3) is 0 Å². The lowest BCUT2D eigenvalue weighted by Crippen LogP contribution is -2.43. The van der Waals surface area contributed by atoms with Crippen LogP contribution in [-0.2, 0) is 10.4 Å². The van der Waals surface area contributed by atoms with Gasteiger partial charge in [0.1, 0.15) is 5.60 Å². The van der Waals surface area contributed by atoms with E-state index in [1.54, 1.807) is 18.2 Å². The predicted octanol–water partition coefficient (Wildman–Crippen LogP) is -0.356. The van der Waals surface area contributed by atoms with Crippen LogP contribution in [0.4, 0.5) is 0 Å². The molecule has 0 radical (unpaired) electrons. The van der Waals surface area contributed by atoms with Crippen LogP contribution >= 0.6 is 0 Å². The van der Waals surface area contributed by atoms with Crippen LogP contribution in [0.1, 0.15) is 12.5 Å². The van der Waals surface area contributed by atoms with Gasteiger partial charge in [-0.05, 0) is 12.5 Å². The van der Waals surface area contributed by atoms with E-state index in [0.29, 0.717) is 5.56 Å².